The maximum atomic E-state index is 11.7. The molecule has 102 valence electrons. The lowest BCUT2D eigenvalue weighted by Crippen LogP contribution is -2.33. The fourth-order valence-corrected chi connectivity index (χ4v) is 2.04. The third-order valence-electron chi connectivity index (χ3n) is 3.04. The molecule has 9 heteroatoms. The molecule has 0 saturated carbocycles. The number of hydrogen-bond donors (Lipinski definition) is 2. The first kappa shape index (κ1) is 13.3. The highest BCUT2D eigenvalue weighted by Gasteiger charge is 2.35. The van der Waals surface area contributed by atoms with Crippen molar-refractivity contribution < 1.29 is 9.84 Å². The summed E-state index contributed by atoms with van der Waals surface area (Å²) in [5.74, 6) is 0. The van der Waals surface area contributed by atoms with Crippen molar-refractivity contribution in [3.05, 3.63) is 43.0 Å². The molecule has 19 heavy (non-hydrogen) atoms. The molecule has 1 saturated heterocycles. The van der Waals surface area contributed by atoms with Gasteiger partial charge in [0.25, 0.3) is 5.56 Å². The van der Waals surface area contributed by atoms with Crippen LogP contribution in [0.2, 0.25) is 0 Å². The summed E-state index contributed by atoms with van der Waals surface area (Å²) in [6.07, 6.45) is 0.329. The second-order valence-electron chi connectivity index (χ2n) is 4.30. The molecule has 0 bridgehead atoms. The number of aryl methyl sites for hydroxylation is 1. The van der Waals surface area contributed by atoms with E-state index in [-0.39, 0.29) is 13.0 Å². The summed E-state index contributed by atoms with van der Waals surface area (Å²) in [5.41, 5.74) is 7.76. The molecule has 1 aliphatic rings. The molecule has 0 aliphatic carbocycles. The van der Waals surface area contributed by atoms with Crippen molar-refractivity contribution >= 4 is 0 Å². The van der Waals surface area contributed by atoms with Crippen LogP contribution in [0.15, 0.2) is 20.9 Å². The molecule has 0 radical (unpaired) electrons. The first-order valence-electron chi connectivity index (χ1n) is 5.69. The van der Waals surface area contributed by atoms with Gasteiger partial charge < -0.3 is 9.84 Å². The summed E-state index contributed by atoms with van der Waals surface area (Å²) in [6.45, 7) is 1.26. The Morgan fingerprint density at radius 3 is 3.05 bits per heavy atom. The molecule has 1 aromatic heterocycles. The number of azide groups is 1. The average molecular weight is 267 g/mol. The number of H-pyrrole nitrogens is 1. The second kappa shape index (κ2) is 5.27. The molecule has 0 amide bonds. The Labute approximate surface area is 107 Å². The topological polar surface area (TPSA) is 133 Å². The Balaban J connectivity index is 2.34. The highest BCUT2D eigenvalue weighted by Crippen LogP contribution is 2.29. The molecular weight excluding hydrogens is 254 g/mol. The quantitative estimate of drug-likeness (QED) is 0.445. The van der Waals surface area contributed by atoms with Crippen molar-refractivity contribution in [1.82, 2.24) is 9.55 Å². The Kier molecular flexibility index (Phi) is 3.70. The Morgan fingerprint density at radius 2 is 2.42 bits per heavy atom. The number of aromatic amines is 1. The molecule has 9 nitrogen and oxygen atoms in total. The Hall–Kier alpha value is -2.09. The number of nitrogens with zero attached hydrogens (tertiary/aromatic N) is 4. The summed E-state index contributed by atoms with van der Waals surface area (Å²) in [5, 5.41) is 12.7. The lowest BCUT2D eigenvalue weighted by molar-refractivity contribution is -0.0271. The third kappa shape index (κ3) is 2.53. The SMILES string of the molecule is Cc1cn(C2CC(N=[N+]=[N-])[C@@H](CO)O2)c(=O)[nH]c1=O. The first-order valence-corrected chi connectivity index (χ1v) is 5.69. The van der Waals surface area contributed by atoms with Crippen LogP contribution in [0, 0.1) is 6.92 Å². The molecule has 1 aromatic rings. The van der Waals surface area contributed by atoms with E-state index in [1.807, 2.05) is 0 Å². The van der Waals surface area contributed by atoms with Crippen LogP contribution < -0.4 is 11.2 Å². The second-order valence-corrected chi connectivity index (χ2v) is 4.30. The first-order chi connectivity index (χ1) is 9.06. The Bertz CT molecular complexity index is 630. The molecule has 2 unspecified atom stereocenters. The number of rotatable bonds is 3. The lowest BCUT2D eigenvalue weighted by atomic mass is 10.1. The van der Waals surface area contributed by atoms with Crippen molar-refractivity contribution in [2.24, 2.45) is 5.11 Å². The van der Waals surface area contributed by atoms with Gasteiger partial charge in [0, 0.05) is 23.1 Å². The van der Waals surface area contributed by atoms with Gasteiger partial charge in [0.2, 0.25) is 0 Å². The molecule has 2 heterocycles. The summed E-state index contributed by atoms with van der Waals surface area (Å²) in [6, 6.07) is -0.542. The van der Waals surface area contributed by atoms with Crippen molar-refractivity contribution in [2.45, 2.75) is 31.7 Å². The monoisotopic (exact) mass is 267 g/mol. The summed E-state index contributed by atoms with van der Waals surface area (Å²) < 4.78 is 6.69. The van der Waals surface area contributed by atoms with E-state index in [0.717, 1.165) is 0 Å². The van der Waals surface area contributed by atoms with Gasteiger partial charge in [0.1, 0.15) is 6.23 Å². The van der Waals surface area contributed by atoms with Crippen molar-refractivity contribution in [3.63, 3.8) is 0 Å². The molecule has 1 fully saturated rings. The zero-order valence-corrected chi connectivity index (χ0v) is 10.2. The maximum absolute atomic E-state index is 11.7. The van der Waals surface area contributed by atoms with Gasteiger partial charge in [-0.3, -0.25) is 14.3 Å². The number of nitrogens with one attached hydrogen (secondary N) is 1. The van der Waals surface area contributed by atoms with E-state index in [1.165, 1.54) is 10.8 Å². The smallest absolute Gasteiger partial charge is 0.330 e. The van der Waals surface area contributed by atoms with Gasteiger partial charge in [-0.25, -0.2) is 4.79 Å². The fraction of sp³-hybridized carbons (Fsp3) is 0.600. The number of hydrogen-bond acceptors (Lipinski definition) is 5. The lowest BCUT2D eigenvalue weighted by Gasteiger charge is -2.14. The highest BCUT2D eigenvalue weighted by atomic mass is 16.5. The third-order valence-corrected chi connectivity index (χ3v) is 3.04. The standard InChI is InChI=1S/C10H13N5O4/c1-5-3-15(10(18)12-9(5)17)8-2-6(13-14-11)7(4-16)19-8/h3,6-8,16H,2,4H2,1H3,(H,12,17,18)/t6?,7-,8?/m1/s1. The van der Waals surface area contributed by atoms with E-state index >= 15 is 0 Å². The van der Waals surface area contributed by atoms with Crippen molar-refractivity contribution in [1.29, 1.82) is 0 Å². The zero-order valence-electron chi connectivity index (χ0n) is 10.2. The van der Waals surface area contributed by atoms with E-state index in [1.54, 1.807) is 6.92 Å². The van der Waals surface area contributed by atoms with Crippen LogP contribution in [0.1, 0.15) is 18.2 Å². The largest absolute Gasteiger partial charge is 0.394 e. The number of aliphatic hydroxyl groups excluding tert-OH is 1. The van der Waals surface area contributed by atoms with Gasteiger partial charge in [-0.1, -0.05) is 5.11 Å². The van der Waals surface area contributed by atoms with Gasteiger partial charge >= 0.3 is 5.69 Å². The maximum Gasteiger partial charge on any atom is 0.330 e. The van der Waals surface area contributed by atoms with E-state index in [9.17, 15) is 9.59 Å². The van der Waals surface area contributed by atoms with Crippen LogP contribution in [0.4, 0.5) is 0 Å². The number of ether oxygens (including phenoxy) is 1. The van der Waals surface area contributed by atoms with Crippen LogP contribution in [0.25, 0.3) is 10.4 Å². The van der Waals surface area contributed by atoms with Crippen LogP contribution in [0.5, 0.6) is 0 Å². The summed E-state index contributed by atoms with van der Waals surface area (Å²) in [7, 11) is 0. The van der Waals surface area contributed by atoms with E-state index < -0.39 is 29.6 Å². The molecule has 0 aromatic carbocycles. The molecule has 1 aliphatic heterocycles. The van der Waals surface area contributed by atoms with Crippen LogP contribution in [-0.2, 0) is 4.74 Å². The molecular formula is C10H13N5O4. The van der Waals surface area contributed by atoms with Crippen LogP contribution >= 0.6 is 0 Å². The van der Waals surface area contributed by atoms with Gasteiger partial charge in [0.05, 0.1) is 18.8 Å². The van der Waals surface area contributed by atoms with Gasteiger partial charge in [-0.05, 0) is 12.5 Å². The van der Waals surface area contributed by atoms with Gasteiger partial charge in [-0.2, -0.15) is 0 Å². The minimum Gasteiger partial charge on any atom is -0.394 e. The van der Waals surface area contributed by atoms with Crippen LogP contribution in [0.3, 0.4) is 0 Å². The summed E-state index contributed by atoms with van der Waals surface area (Å²) >= 11 is 0. The van der Waals surface area contributed by atoms with Gasteiger partial charge in [0.15, 0.2) is 0 Å². The number of aliphatic hydroxyl groups is 1. The molecule has 3 atom stereocenters. The zero-order chi connectivity index (χ0) is 14.0. The Morgan fingerprint density at radius 1 is 1.68 bits per heavy atom. The summed E-state index contributed by atoms with van der Waals surface area (Å²) in [4.78, 5) is 27.8. The number of aromatic nitrogens is 2. The molecule has 0 spiro atoms. The molecule has 2 rings (SSSR count). The van der Waals surface area contributed by atoms with E-state index in [4.69, 9.17) is 15.4 Å². The van der Waals surface area contributed by atoms with Crippen molar-refractivity contribution in [3.8, 4) is 0 Å². The fourth-order valence-electron chi connectivity index (χ4n) is 2.04. The predicted molar refractivity (Wildman–Crippen MR) is 64.6 cm³/mol. The minimum absolute atomic E-state index is 0.265. The van der Waals surface area contributed by atoms with E-state index in [2.05, 4.69) is 15.0 Å². The van der Waals surface area contributed by atoms with Crippen molar-refractivity contribution in [2.75, 3.05) is 6.61 Å². The predicted octanol–water partition coefficient (Wildman–Crippen LogP) is -0.196. The van der Waals surface area contributed by atoms with Gasteiger partial charge in [-0.15, -0.1) is 0 Å². The molecule has 2 N–H and O–H groups in total. The minimum atomic E-state index is -0.671. The normalized spacial score (nSPS) is 26.1. The van der Waals surface area contributed by atoms with E-state index in [0.29, 0.717) is 5.56 Å². The average Bonchev–Trinajstić information content (AvgIpc) is 2.77. The van der Waals surface area contributed by atoms with Crippen LogP contribution in [-0.4, -0.2) is 33.4 Å². The highest BCUT2D eigenvalue weighted by molar-refractivity contribution is 5.02.